The molecule has 3 rings (SSSR count). The first kappa shape index (κ1) is 31.5. The van der Waals surface area contributed by atoms with E-state index in [2.05, 4.69) is 5.32 Å². The van der Waals surface area contributed by atoms with Crippen molar-refractivity contribution in [2.75, 3.05) is 31.6 Å². The largest absolute Gasteiger partial charge is 0.492 e. The average molecular weight is 573 g/mol. The van der Waals surface area contributed by atoms with Gasteiger partial charge in [0, 0.05) is 25.3 Å². The van der Waals surface area contributed by atoms with Gasteiger partial charge in [-0.05, 0) is 67.6 Å². The molecule has 220 valence electrons. The number of unbranched alkanes of at least 4 members (excludes halogenated alkanes) is 1. The molecule has 0 spiro atoms. The number of carboxylic acids is 1. The SMILES string of the molecule is CCOC(Cc1ccc(OCCN(CCCCc2ccccc2)C(=O)Nc2cccc(C(F)(F)F)c2)cc1)C(=O)O. The summed E-state index contributed by atoms with van der Waals surface area (Å²) in [6.45, 7) is 2.80. The zero-order chi connectivity index (χ0) is 29.7. The molecule has 0 radical (unpaired) electrons. The quantitative estimate of drug-likeness (QED) is 0.199. The standard InChI is InChI=1S/C31H35F3N2O5/c1-2-40-28(29(37)38)21-24-14-16-27(17-15-24)41-20-19-36(18-7-6-11-23-9-4-3-5-10-23)30(39)35-26-13-8-12-25(22-26)31(32,33)34/h3-5,8-10,12-17,22,28H,2,6-7,11,18-21H2,1H3,(H,35,39)(H,37,38). The van der Waals surface area contributed by atoms with Crippen LogP contribution in [0.25, 0.3) is 0 Å². The molecule has 0 heterocycles. The van der Waals surface area contributed by atoms with Crippen LogP contribution in [-0.4, -0.2) is 54.4 Å². The molecule has 0 saturated carbocycles. The molecule has 2 N–H and O–H groups in total. The lowest BCUT2D eigenvalue weighted by molar-refractivity contribution is -0.150. The van der Waals surface area contributed by atoms with E-state index < -0.39 is 29.8 Å². The van der Waals surface area contributed by atoms with Gasteiger partial charge in [0.25, 0.3) is 0 Å². The maximum Gasteiger partial charge on any atom is 0.416 e. The number of benzene rings is 3. The number of amides is 2. The summed E-state index contributed by atoms with van der Waals surface area (Å²) in [4.78, 5) is 25.9. The fourth-order valence-corrected chi connectivity index (χ4v) is 4.20. The number of carboxylic acid groups (broad SMARTS) is 1. The Morgan fingerprint density at radius 3 is 2.32 bits per heavy atom. The second-order valence-corrected chi connectivity index (χ2v) is 9.42. The van der Waals surface area contributed by atoms with Gasteiger partial charge in [-0.25, -0.2) is 9.59 Å². The van der Waals surface area contributed by atoms with Crippen molar-refractivity contribution in [1.29, 1.82) is 0 Å². The fourth-order valence-electron chi connectivity index (χ4n) is 4.20. The Hall–Kier alpha value is -4.05. The van der Waals surface area contributed by atoms with Crippen molar-refractivity contribution in [1.82, 2.24) is 4.90 Å². The Kier molecular flexibility index (Phi) is 12.0. The normalized spacial score (nSPS) is 12.0. The molecule has 0 aliphatic rings. The molecule has 0 aliphatic carbocycles. The highest BCUT2D eigenvalue weighted by Crippen LogP contribution is 2.30. The number of rotatable bonds is 15. The summed E-state index contributed by atoms with van der Waals surface area (Å²) in [6.07, 6.45) is -2.85. The van der Waals surface area contributed by atoms with E-state index in [0.717, 1.165) is 30.5 Å². The number of ether oxygens (including phenoxy) is 2. The van der Waals surface area contributed by atoms with Crippen molar-refractivity contribution in [3.63, 3.8) is 0 Å². The van der Waals surface area contributed by atoms with Crippen LogP contribution in [0.3, 0.4) is 0 Å². The van der Waals surface area contributed by atoms with Gasteiger partial charge < -0.3 is 24.8 Å². The van der Waals surface area contributed by atoms with Gasteiger partial charge in [0.2, 0.25) is 0 Å². The first-order valence-electron chi connectivity index (χ1n) is 13.5. The lowest BCUT2D eigenvalue weighted by Crippen LogP contribution is -2.38. The number of carbonyl (C=O) groups is 2. The van der Waals surface area contributed by atoms with Crippen LogP contribution in [0.2, 0.25) is 0 Å². The average Bonchev–Trinajstić information content (AvgIpc) is 2.95. The Morgan fingerprint density at radius 2 is 1.66 bits per heavy atom. The molecule has 2 amide bonds. The van der Waals surface area contributed by atoms with E-state index in [-0.39, 0.29) is 25.3 Å². The third-order valence-electron chi connectivity index (χ3n) is 6.33. The third-order valence-corrected chi connectivity index (χ3v) is 6.33. The molecule has 1 atom stereocenters. The first-order chi connectivity index (χ1) is 19.7. The molecule has 3 aromatic rings. The molecular weight excluding hydrogens is 537 g/mol. The number of nitrogens with one attached hydrogen (secondary N) is 1. The van der Waals surface area contributed by atoms with Crippen molar-refractivity contribution in [2.45, 2.75) is 44.9 Å². The number of hydrogen-bond donors (Lipinski definition) is 2. The zero-order valence-electron chi connectivity index (χ0n) is 22.9. The van der Waals surface area contributed by atoms with E-state index >= 15 is 0 Å². The summed E-state index contributed by atoms with van der Waals surface area (Å²) in [5, 5.41) is 11.9. The number of halogens is 3. The molecule has 3 aromatic carbocycles. The molecule has 0 aromatic heterocycles. The Balaban J connectivity index is 1.58. The van der Waals surface area contributed by atoms with Gasteiger partial charge in [-0.2, -0.15) is 13.2 Å². The molecule has 7 nitrogen and oxygen atoms in total. The van der Waals surface area contributed by atoms with E-state index in [1.807, 2.05) is 30.3 Å². The fraction of sp³-hybridized carbons (Fsp3) is 0.355. The Morgan fingerprint density at radius 1 is 0.927 bits per heavy atom. The lowest BCUT2D eigenvalue weighted by Gasteiger charge is -2.23. The summed E-state index contributed by atoms with van der Waals surface area (Å²) < 4.78 is 50.4. The molecule has 0 fully saturated rings. The van der Waals surface area contributed by atoms with Crippen LogP contribution in [0.5, 0.6) is 5.75 Å². The predicted molar refractivity (Wildman–Crippen MR) is 150 cm³/mol. The molecule has 10 heteroatoms. The smallest absolute Gasteiger partial charge is 0.416 e. The third kappa shape index (κ3) is 10.8. The second-order valence-electron chi connectivity index (χ2n) is 9.42. The topological polar surface area (TPSA) is 88.1 Å². The van der Waals surface area contributed by atoms with Crippen LogP contribution in [0.4, 0.5) is 23.7 Å². The Labute approximate surface area is 237 Å². The van der Waals surface area contributed by atoms with Gasteiger partial charge in [-0.3, -0.25) is 0 Å². The maximum absolute atomic E-state index is 13.1. The van der Waals surface area contributed by atoms with E-state index in [9.17, 15) is 27.9 Å². The molecule has 0 saturated heterocycles. The van der Waals surface area contributed by atoms with Gasteiger partial charge in [0.15, 0.2) is 6.10 Å². The van der Waals surface area contributed by atoms with Crippen LogP contribution >= 0.6 is 0 Å². The van der Waals surface area contributed by atoms with Crippen molar-refractivity contribution in [3.05, 3.63) is 95.6 Å². The molecule has 0 bridgehead atoms. The summed E-state index contributed by atoms with van der Waals surface area (Å²) in [6, 6.07) is 20.9. The Bertz CT molecular complexity index is 1240. The number of anilines is 1. The van der Waals surface area contributed by atoms with Crippen LogP contribution < -0.4 is 10.1 Å². The van der Waals surface area contributed by atoms with Gasteiger partial charge in [-0.15, -0.1) is 0 Å². The molecule has 0 aliphatic heterocycles. The van der Waals surface area contributed by atoms with E-state index in [0.29, 0.717) is 25.3 Å². The van der Waals surface area contributed by atoms with Gasteiger partial charge >= 0.3 is 18.2 Å². The summed E-state index contributed by atoms with van der Waals surface area (Å²) in [5.41, 5.74) is 1.18. The van der Waals surface area contributed by atoms with Crippen LogP contribution in [-0.2, 0) is 28.5 Å². The summed E-state index contributed by atoms with van der Waals surface area (Å²) in [5.74, 6) is -0.487. The highest BCUT2D eigenvalue weighted by Gasteiger charge is 2.30. The number of hydrogen-bond acceptors (Lipinski definition) is 4. The first-order valence-corrected chi connectivity index (χ1v) is 13.5. The van der Waals surface area contributed by atoms with Crippen molar-refractivity contribution < 1.29 is 37.3 Å². The minimum absolute atomic E-state index is 0.0577. The predicted octanol–water partition coefficient (Wildman–Crippen LogP) is 6.67. The summed E-state index contributed by atoms with van der Waals surface area (Å²) in [7, 11) is 0. The van der Waals surface area contributed by atoms with Crippen LogP contribution in [0.1, 0.15) is 36.5 Å². The molecular formula is C31H35F3N2O5. The molecule has 1 unspecified atom stereocenters. The number of nitrogens with zero attached hydrogens (tertiary/aromatic N) is 1. The highest BCUT2D eigenvalue weighted by molar-refractivity contribution is 5.89. The van der Waals surface area contributed by atoms with Crippen LogP contribution in [0, 0.1) is 0 Å². The monoisotopic (exact) mass is 572 g/mol. The van der Waals surface area contributed by atoms with Crippen molar-refractivity contribution in [2.24, 2.45) is 0 Å². The minimum atomic E-state index is -4.52. The van der Waals surface area contributed by atoms with E-state index in [1.165, 1.54) is 22.6 Å². The van der Waals surface area contributed by atoms with E-state index in [1.54, 1.807) is 31.2 Å². The number of aliphatic carboxylic acids is 1. The van der Waals surface area contributed by atoms with E-state index in [4.69, 9.17) is 9.47 Å². The molecule has 41 heavy (non-hydrogen) atoms. The van der Waals surface area contributed by atoms with Crippen molar-refractivity contribution in [3.8, 4) is 5.75 Å². The second kappa shape index (κ2) is 15.7. The van der Waals surface area contributed by atoms with Gasteiger partial charge in [0.1, 0.15) is 12.4 Å². The zero-order valence-corrected chi connectivity index (χ0v) is 22.9. The number of aryl methyl sites for hydroxylation is 1. The number of carbonyl (C=O) groups excluding carboxylic acids is 1. The maximum atomic E-state index is 13.1. The summed E-state index contributed by atoms with van der Waals surface area (Å²) >= 11 is 0. The number of urea groups is 1. The minimum Gasteiger partial charge on any atom is -0.492 e. The highest BCUT2D eigenvalue weighted by atomic mass is 19.4. The van der Waals surface area contributed by atoms with Gasteiger partial charge in [0.05, 0.1) is 12.1 Å². The van der Waals surface area contributed by atoms with Gasteiger partial charge in [-0.1, -0.05) is 48.5 Å². The van der Waals surface area contributed by atoms with Crippen LogP contribution in [0.15, 0.2) is 78.9 Å². The number of alkyl halides is 3. The lowest BCUT2D eigenvalue weighted by atomic mass is 10.1. The van der Waals surface area contributed by atoms with Crippen molar-refractivity contribution >= 4 is 17.7 Å².